The molecule has 4 rings (SSSR count). The average molecular weight is 439 g/mol. The molecule has 0 atom stereocenters. The largest absolute Gasteiger partial charge is 0.506 e. The minimum atomic E-state index is -0.536. The van der Waals surface area contributed by atoms with E-state index in [-0.39, 0.29) is 21.5 Å². The number of phenolic OH excluding ortho intramolecular Hbond substituents is 1. The first-order valence-corrected chi connectivity index (χ1v) is 8.83. The highest BCUT2D eigenvalue weighted by Gasteiger charge is 2.13. The Kier molecular flexibility index (Phi) is 4.58. The number of aliphatic imine (C=N–C) groups is 1. The van der Waals surface area contributed by atoms with Gasteiger partial charge in [0.1, 0.15) is 5.75 Å². The summed E-state index contributed by atoms with van der Waals surface area (Å²) in [6.07, 6.45) is 3.01. The minimum absolute atomic E-state index is 0.120. The molecule has 28 heavy (non-hydrogen) atoms. The third kappa shape index (κ3) is 3.47. The lowest BCUT2D eigenvalue weighted by atomic mass is 10.2. The number of hydrogen-bond acceptors (Lipinski definition) is 7. The molecule has 0 unspecified atom stereocenters. The number of aromatic hydroxyl groups is 1. The van der Waals surface area contributed by atoms with Crippen LogP contribution in [0.15, 0.2) is 68.6 Å². The van der Waals surface area contributed by atoms with Gasteiger partial charge in [0.25, 0.3) is 5.69 Å². The molecule has 0 saturated carbocycles. The number of fused-ring (bicyclic) bond motifs is 1. The van der Waals surface area contributed by atoms with Gasteiger partial charge in [-0.05, 0) is 52.3 Å². The van der Waals surface area contributed by atoms with Crippen molar-refractivity contribution in [2.24, 2.45) is 4.99 Å². The number of pyridine rings is 1. The van der Waals surface area contributed by atoms with Gasteiger partial charge in [-0.2, -0.15) is 4.98 Å². The highest BCUT2D eigenvalue weighted by Crippen LogP contribution is 2.32. The molecular formula is C19H11BrN4O4. The molecule has 2 heterocycles. The van der Waals surface area contributed by atoms with E-state index in [1.807, 2.05) is 0 Å². The van der Waals surface area contributed by atoms with Gasteiger partial charge < -0.3 is 9.52 Å². The van der Waals surface area contributed by atoms with E-state index >= 15 is 0 Å². The van der Waals surface area contributed by atoms with E-state index in [0.29, 0.717) is 22.8 Å². The summed E-state index contributed by atoms with van der Waals surface area (Å²) in [6.45, 7) is 0. The number of nitro benzene ring substituents is 1. The summed E-state index contributed by atoms with van der Waals surface area (Å²) in [7, 11) is 0. The Morgan fingerprint density at radius 3 is 2.71 bits per heavy atom. The van der Waals surface area contributed by atoms with Crippen LogP contribution in [0.4, 0.5) is 11.4 Å². The first kappa shape index (κ1) is 17.8. The number of non-ortho nitro benzene ring substituents is 1. The third-order valence-electron chi connectivity index (χ3n) is 3.92. The quantitative estimate of drug-likeness (QED) is 0.271. The molecule has 0 bridgehead atoms. The SMILES string of the molecule is O=[N+]([O-])c1cc(Br)c(O)c(C=Nc2ccc(-c3nc4ncccc4o3)cc2)c1. The fourth-order valence-electron chi connectivity index (χ4n) is 2.54. The van der Waals surface area contributed by atoms with Crippen LogP contribution in [0.2, 0.25) is 0 Å². The first-order chi connectivity index (χ1) is 13.5. The van der Waals surface area contributed by atoms with Crippen molar-refractivity contribution >= 4 is 44.7 Å². The Balaban J connectivity index is 1.60. The zero-order valence-electron chi connectivity index (χ0n) is 14.1. The second-order valence-corrected chi connectivity index (χ2v) is 6.63. The summed E-state index contributed by atoms with van der Waals surface area (Å²) in [4.78, 5) is 23.2. The van der Waals surface area contributed by atoms with Crippen LogP contribution < -0.4 is 0 Å². The number of nitro groups is 1. The molecule has 0 spiro atoms. The lowest BCUT2D eigenvalue weighted by molar-refractivity contribution is -0.385. The highest BCUT2D eigenvalue weighted by molar-refractivity contribution is 9.10. The van der Waals surface area contributed by atoms with Gasteiger partial charge in [-0.1, -0.05) is 0 Å². The van der Waals surface area contributed by atoms with E-state index in [4.69, 9.17) is 4.42 Å². The van der Waals surface area contributed by atoms with Crippen molar-refractivity contribution in [2.45, 2.75) is 0 Å². The van der Waals surface area contributed by atoms with E-state index in [1.54, 1.807) is 42.6 Å². The number of oxazole rings is 1. The summed E-state index contributed by atoms with van der Waals surface area (Å²) in [5.74, 6) is 0.328. The lowest BCUT2D eigenvalue weighted by Gasteiger charge is -2.02. The molecule has 0 radical (unpaired) electrons. The smallest absolute Gasteiger partial charge is 0.271 e. The van der Waals surface area contributed by atoms with E-state index in [0.717, 1.165) is 5.56 Å². The predicted octanol–water partition coefficient (Wildman–Crippen LogP) is 5.02. The molecule has 0 saturated heterocycles. The van der Waals surface area contributed by atoms with Crippen molar-refractivity contribution in [1.82, 2.24) is 9.97 Å². The monoisotopic (exact) mass is 438 g/mol. The Hall–Kier alpha value is -3.59. The summed E-state index contributed by atoms with van der Waals surface area (Å²) in [6, 6.07) is 13.1. The maximum absolute atomic E-state index is 11.0. The summed E-state index contributed by atoms with van der Waals surface area (Å²) in [5, 5.41) is 21.0. The van der Waals surface area contributed by atoms with Gasteiger partial charge in [-0.25, -0.2) is 4.98 Å². The van der Waals surface area contributed by atoms with Crippen molar-refractivity contribution < 1.29 is 14.4 Å². The number of hydrogen-bond donors (Lipinski definition) is 1. The minimum Gasteiger partial charge on any atom is -0.506 e. The maximum Gasteiger partial charge on any atom is 0.271 e. The fourth-order valence-corrected chi connectivity index (χ4v) is 3.00. The van der Waals surface area contributed by atoms with Crippen molar-refractivity contribution in [1.29, 1.82) is 0 Å². The van der Waals surface area contributed by atoms with Crippen LogP contribution in [0.5, 0.6) is 5.75 Å². The van der Waals surface area contributed by atoms with Crippen LogP contribution in [0.25, 0.3) is 22.7 Å². The predicted molar refractivity (Wildman–Crippen MR) is 107 cm³/mol. The molecule has 138 valence electrons. The summed E-state index contributed by atoms with van der Waals surface area (Å²) in [5.41, 5.74) is 2.58. The van der Waals surface area contributed by atoms with Crippen LogP contribution in [0, 0.1) is 10.1 Å². The summed E-state index contributed by atoms with van der Waals surface area (Å²) < 4.78 is 5.90. The van der Waals surface area contributed by atoms with Crippen LogP contribution in [0.3, 0.4) is 0 Å². The third-order valence-corrected chi connectivity index (χ3v) is 4.52. The molecule has 0 aliphatic heterocycles. The van der Waals surface area contributed by atoms with Crippen molar-refractivity contribution in [3.8, 4) is 17.2 Å². The number of aromatic nitrogens is 2. The maximum atomic E-state index is 11.0. The lowest BCUT2D eigenvalue weighted by Crippen LogP contribution is -1.91. The molecule has 0 fully saturated rings. The van der Waals surface area contributed by atoms with Gasteiger partial charge in [0.15, 0.2) is 11.2 Å². The van der Waals surface area contributed by atoms with Gasteiger partial charge >= 0.3 is 0 Å². The number of nitrogens with zero attached hydrogens (tertiary/aromatic N) is 4. The molecule has 8 nitrogen and oxygen atoms in total. The molecule has 9 heteroatoms. The van der Waals surface area contributed by atoms with Gasteiger partial charge in [0.2, 0.25) is 5.89 Å². The topological polar surface area (TPSA) is 115 Å². The number of rotatable bonds is 4. The van der Waals surface area contributed by atoms with Gasteiger partial charge in [0.05, 0.1) is 15.1 Å². The molecule has 0 aliphatic carbocycles. The fraction of sp³-hybridized carbons (Fsp3) is 0. The Morgan fingerprint density at radius 2 is 2.00 bits per heavy atom. The van der Waals surface area contributed by atoms with Gasteiger partial charge in [-0.3, -0.25) is 15.1 Å². The average Bonchev–Trinajstić information content (AvgIpc) is 3.13. The molecular weight excluding hydrogens is 428 g/mol. The number of phenols is 1. The molecule has 4 aromatic rings. The first-order valence-electron chi connectivity index (χ1n) is 8.04. The zero-order chi connectivity index (χ0) is 19.7. The highest BCUT2D eigenvalue weighted by atomic mass is 79.9. The van der Waals surface area contributed by atoms with Gasteiger partial charge in [0, 0.05) is 35.7 Å². The van der Waals surface area contributed by atoms with Crippen molar-refractivity contribution in [3.05, 3.63) is 74.9 Å². The number of halogens is 1. The molecule has 1 N–H and O–H groups in total. The second kappa shape index (κ2) is 7.20. The Labute approximate surface area is 166 Å². The van der Waals surface area contributed by atoms with Crippen LogP contribution in [0.1, 0.15) is 5.56 Å². The zero-order valence-corrected chi connectivity index (χ0v) is 15.7. The van der Waals surface area contributed by atoms with E-state index in [2.05, 4.69) is 30.9 Å². The van der Waals surface area contributed by atoms with E-state index < -0.39 is 4.92 Å². The Morgan fingerprint density at radius 1 is 1.21 bits per heavy atom. The Bertz CT molecular complexity index is 1190. The molecule has 2 aromatic heterocycles. The summed E-state index contributed by atoms with van der Waals surface area (Å²) >= 11 is 3.10. The van der Waals surface area contributed by atoms with Crippen LogP contribution in [-0.4, -0.2) is 26.2 Å². The number of benzene rings is 2. The molecule has 0 aliphatic rings. The standard InChI is InChI=1S/C19H11BrN4O4/c20-15-9-14(24(26)27)8-12(17(15)25)10-22-13-5-3-11(4-6-13)19-23-18-16(28-19)2-1-7-21-18/h1-10,25H. The van der Waals surface area contributed by atoms with Crippen molar-refractivity contribution in [2.75, 3.05) is 0 Å². The van der Waals surface area contributed by atoms with Gasteiger partial charge in [-0.15, -0.1) is 0 Å². The molecule has 0 amide bonds. The molecule has 2 aromatic carbocycles. The normalized spacial score (nSPS) is 11.3. The van der Waals surface area contributed by atoms with E-state index in [9.17, 15) is 15.2 Å². The van der Waals surface area contributed by atoms with Crippen molar-refractivity contribution in [3.63, 3.8) is 0 Å². The van der Waals surface area contributed by atoms with Crippen LogP contribution >= 0.6 is 15.9 Å². The van der Waals surface area contributed by atoms with Crippen LogP contribution in [-0.2, 0) is 0 Å². The van der Waals surface area contributed by atoms with E-state index in [1.165, 1.54) is 18.3 Å². The second-order valence-electron chi connectivity index (χ2n) is 5.77.